The average molecular weight is 437 g/mol. The molecule has 1 heterocycles. The van der Waals surface area contributed by atoms with E-state index in [1.54, 1.807) is 12.1 Å². The Morgan fingerprint density at radius 2 is 1.91 bits per heavy atom. The minimum Gasteiger partial charge on any atom is -0.326 e. The van der Waals surface area contributed by atoms with Crippen LogP contribution in [-0.4, -0.2) is 16.8 Å². The number of halogens is 1. The Bertz CT molecular complexity index is 907. The quantitative estimate of drug-likeness (QED) is 0.606. The van der Waals surface area contributed by atoms with Crippen LogP contribution < -0.4 is 10.6 Å². The summed E-state index contributed by atoms with van der Waals surface area (Å²) in [5.41, 5.74) is 2.11. The molecule has 2 amide bonds. The fourth-order valence-electron chi connectivity index (χ4n) is 2.07. The van der Waals surface area contributed by atoms with E-state index in [2.05, 4.69) is 38.2 Å². The molecule has 23 heavy (non-hydrogen) atoms. The second-order valence-corrected chi connectivity index (χ2v) is 7.01. The van der Waals surface area contributed by atoms with E-state index in [4.69, 9.17) is 0 Å². The number of thiazole rings is 1. The van der Waals surface area contributed by atoms with E-state index in [-0.39, 0.29) is 11.8 Å². The molecule has 0 saturated carbocycles. The van der Waals surface area contributed by atoms with E-state index in [0.29, 0.717) is 16.4 Å². The summed E-state index contributed by atoms with van der Waals surface area (Å²) in [6.07, 6.45) is 0. The van der Waals surface area contributed by atoms with Crippen molar-refractivity contribution in [2.75, 3.05) is 10.6 Å². The topological polar surface area (TPSA) is 71.1 Å². The number of carbonyl (C=O) groups excluding carboxylic acids is 2. The van der Waals surface area contributed by atoms with Gasteiger partial charge in [0.15, 0.2) is 5.13 Å². The maximum Gasteiger partial charge on any atom is 0.258 e. The number of hydrogen-bond acceptors (Lipinski definition) is 4. The van der Waals surface area contributed by atoms with Gasteiger partial charge in [0.1, 0.15) is 0 Å². The fraction of sp³-hybridized carbons (Fsp3) is 0.0625. The van der Waals surface area contributed by atoms with Crippen molar-refractivity contribution in [2.24, 2.45) is 0 Å². The van der Waals surface area contributed by atoms with Gasteiger partial charge < -0.3 is 5.32 Å². The normalized spacial score (nSPS) is 10.5. The van der Waals surface area contributed by atoms with E-state index in [1.807, 2.05) is 30.3 Å². The summed E-state index contributed by atoms with van der Waals surface area (Å²) in [6.45, 7) is 1.46. The van der Waals surface area contributed by atoms with Crippen LogP contribution in [-0.2, 0) is 4.79 Å². The molecule has 3 aromatic rings. The molecule has 0 aliphatic carbocycles. The Balaban J connectivity index is 1.85. The SMILES string of the molecule is CC(=O)Nc1ccc2nc(NC(=O)c3ccccc3I)sc2c1. The molecule has 0 spiro atoms. The molecule has 7 heteroatoms. The smallest absolute Gasteiger partial charge is 0.258 e. The van der Waals surface area contributed by atoms with Crippen molar-refractivity contribution in [3.8, 4) is 0 Å². The Hall–Kier alpha value is -2.00. The van der Waals surface area contributed by atoms with E-state index in [0.717, 1.165) is 13.8 Å². The number of nitrogens with zero attached hydrogens (tertiary/aromatic N) is 1. The average Bonchev–Trinajstić information content (AvgIpc) is 2.88. The number of fused-ring (bicyclic) bond motifs is 1. The Morgan fingerprint density at radius 3 is 2.65 bits per heavy atom. The van der Waals surface area contributed by atoms with Gasteiger partial charge in [-0.2, -0.15) is 0 Å². The van der Waals surface area contributed by atoms with Crippen molar-refractivity contribution in [3.05, 3.63) is 51.6 Å². The van der Waals surface area contributed by atoms with Crippen LogP contribution in [0, 0.1) is 3.57 Å². The number of rotatable bonds is 3. The highest BCUT2D eigenvalue weighted by molar-refractivity contribution is 14.1. The fourth-order valence-corrected chi connectivity index (χ4v) is 3.60. The summed E-state index contributed by atoms with van der Waals surface area (Å²) < 4.78 is 1.78. The van der Waals surface area contributed by atoms with Gasteiger partial charge in [-0.15, -0.1) is 0 Å². The molecule has 0 saturated heterocycles. The predicted octanol–water partition coefficient (Wildman–Crippen LogP) is 4.11. The number of hydrogen-bond donors (Lipinski definition) is 2. The number of carbonyl (C=O) groups is 2. The summed E-state index contributed by atoms with van der Waals surface area (Å²) in [4.78, 5) is 27.8. The monoisotopic (exact) mass is 437 g/mol. The first-order valence-corrected chi connectivity index (χ1v) is 8.66. The number of nitrogens with one attached hydrogen (secondary N) is 2. The minimum absolute atomic E-state index is 0.124. The molecule has 1 aromatic heterocycles. The maximum absolute atomic E-state index is 12.3. The highest BCUT2D eigenvalue weighted by atomic mass is 127. The molecule has 0 aliphatic rings. The summed E-state index contributed by atoms with van der Waals surface area (Å²) in [5, 5.41) is 6.09. The van der Waals surface area contributed by atoms with Crippen LogP contribution in [0.15, 0.2) is 42.5 Å². The molecule has 0 fully saturated rings. The zero-order valence-corrected chi connectivity index (χ0v) is 15.1. The lowest BCUT2D eigenvalue weighted by Gasteiger charge is -2.03. The predicted molar refractivity (Wildman–Crippen MR) is 101 cm³/mol. The van der Waals surface area contributed by atoms with Crippen molar-refractivity contribution in [2.45, 2.75) is 6.92 Å². The maximum atomic E-state index is 12.3. The van der Waals surface area contributed by atoms with Crippen LogP contribution >= 0.6 is 33.9 Å². The van der Waals surface area contributed by atoms with Gasteiger partial charge in [-0.3, -0.25) is 14.9 Å². The lowest BCUT2D eigenvalue weighted by atomic mass is 10.2. The van der Waals surface area contributed by atoms with Crippen molar-refractivity contribution in [1.29, 1.82) is 0 Å². The molecule has 2 N–H and O–H groups in total. The molecule has 0 bridgehead atoms. The summed E-state index contributed by atoms with van der Waals surface area (Å²) >= 11 is 3.50. The van der Waals surface area contributed by atoms with Gasteiger partial charge in [-0.25, -0.2) is 4.98 Å². The largest absolute Gasteiger partial charge is 0.326 e. The lowest BCUT2D eigenvalue weighted by Crippen LogP contribution is -2.12. The molecule has 116 valence electrons. The van der Waals surface area contributed by atoms with Gasteiger partial charge in [0.25, 0.3) is 5.91 Å². The highest BCUT2D eigenvalue weighted by Crippen LogP contribution is 2.29. The van der Waals surface area contributed by atoms with E-state index < -0.39 is 0 Å². The van der Waals surface area contributed by atoms with E-state index >= 15 is 0 Å². The van der Waals surface area contributed by atoms with Gasteiger partial charge in [-0.05, 0) is 52.9 Å². The standard InChI is InChI=1S/C16H12IN3O2S/c1-9(21)18-10-6-7-13-14(8-10)23-16(19-13)20-15(22)11-4-2-3-5-12(11)17/h2-8H,1H3,(H,18,21)(H,19,20,22). The van der Waals surface area contributed by atoms with Crippen LogP contribution in [0.1, 0.15) is 17.3 Å². The van der Waals surface area contributed by atoms with Crippen LogP contribution in [0.2, 0.25) is 0 Å². The third-order valence-electron chi connectivity index (χ3n) is 3.05. The highest BCUT2D eigenvalue weighted by Gasteiger charge is 2.12. The first-order valence-electron chi connectivity index (χ1n) is 6.77. The van der Waals surface area contributed by atoms with Crippen molar-refractivity contribution in [3.63, 3.8) is 0 Å². The molecular formula is C16H12IN3O2S. The second-order valence-electron chi connectivity index (χ2n) is 4.82. The molecule has 0 aliphatic heterocycles. The lowest BCUT2D eigenvalue weighted by molar-refractivity contribution is -0.114. The molecule has 3 rings (SSSR count). The Labute approximate surface area is 150 Å². The second kappa shape index (κ2) is 6.63. The van der Waals surface area contributed by atoms with Crippen molar-refractivity contribution >= 4 is 66.8 Å². The Morgan fingerprint density at radius 1 is 1.13 bits per heavy atom. The summed E-state index contributed by atoms with van der Waals surface area (Å²) in [6, 6.07) is 12.8. The first-order chi connectivity index (χ1) is 11.0. The number of aromatic nitrogens is 1. The van der Waals surface area contributed by atoms with Gasteiger partial charge in [0, 0.05) is 16.2 Å². The van der Waals surface area contributed by atoms with Crippen LogP contribution in [0.25, 0.3) is 10.2 Å². The molecule has 0 radical (unpaired) electrons. The molecule has 0 unspecified atom stereocenters. The molecule has 0 atom stereocenters. The van der Waals surface area contributed by atoms with Gasteiger partial charge >= 0.3 is 0 Å². The molecular weight excluding hydrogens is 425 g/mol. The Kier molecular flexibility index (Phi) is 4.58. The van der Waals surface area contributed by atoms with Crippen LogP contribution in [0.3, 0.4) is 0 Å². The third-order valence-corrected chi connectivity index (χ3v) is 4.92. The van der Waals surface area contributed by atoms with Crippen LogP contribution in [0.5, 0.6) is 0 Å². The van der Waals surface area contributed by atoms with E-state index in [1.165, 1.54) is 18.3 Å². The minimum atomic E-state index is -0.184. The van der Waals surface area contributed by atoms with E-state index in [9.17, 15) is 9.59 Å². The first kappa shape index (κ1) is 15.9. The third kappa shape index (κ3) is 3.67. The number of anilines is 2. The summed E-state index contributed by atoms with van der Waals surface area (Å²) in [7, 11) is 0. The summed E-state index contributed by atoms with van der Waals surface area (Å²) in [5.74, 6) is -0.308. The molecule has 5 nitrogen and oxygen atoms in total. The van der Waals surface area contributed by atoms with Crippen LogP contribution in [0.4, 0.5) is 10.8 Å². The van der Waals surface area contributed by atoms with Gasteiger partial charge in [-0.1, -0.05) is 23.5 Å². The molecule has 2 aromatic carbocycles. The van der Waals surface area contributed by atoms with Gasteiger partial charge in [0.2, 0.25) is 5.91 Å². The van der Waals surface area contributed by atoms with Crippen molar-refractivity contribution in [1.82, 2.24) is 4.98 Å². The zero-order chi connectivity index (χ0) is 16.4. The number of benzene rings is 2. The zero-order valence-electron chi connectivity index (χ0n) is 12.1. The van der Waals surface area contributed by atoms with Gasteiger partial charge in [0.05, 0.1) is 15.8 Å². The number of amides is 2. The van der Waals surface area contributed by atoms with Crippen molar-refractivity contribution < 1.29 is 9.59 Å².